The molecule has 92 valence electrons. The molecule has 0 amide bonds. The number of fused-ring (bicyclic) bond motifs is 1. The van der Waals surface area contributed by atoms with Gasteiger partial charge < -0.3 is 10.1 Å². The van der Waals surface area contributed by atoms with Crippen molar-refractivity contribution in [3.63, 3.8) is 0 Å². The van der Waals surface area contributed by atoms with Gasteiger partial charge in [0.25, 0.3) is 0 Å². The van der Waals surface area contributed by atoms with E-state index in [9.17, 15) is 4.39 Å². The largest absolute Gasteiger partial charge is 0.380 e. The zero-order valence-electron chi connectivity index (χ0n) is 9.87. The van der Waals surface area contributed by atoms with Crippen LogP contribution >= 0.6 is 11.3 Å². The van der Waals surface area contributed by atoms with Gasteiger partial charge in [0.05, 0.1) is 16.8 Å². The third-order valence-electron chi connectivity index (χ3n) is 2.29. The number of halogens is 1. The van der Waals surface area contributed by atoms with Gasteiger partial charge in [-0.1, -0.05) is 11.3 Å². The topological polar surface area (TPSA) is 34.1 Å². The predicted molar refractivity (Wildman–Crippen MR) is 69.2 cm³/mol. The van der Waals surface area contributed by atoms with Crippen molar-refractivity contribution in [2.75, 3.05) is 18.5 Å². The first-order valence-electron chi connectivity index (χ1n) is 5.59. The second-order valence-corrected chi connectivity index (χ2v) is 4.87. The quantitative estimate of drug-likeness (QED) is 0.889. The summed E-state index contributed by atoms with van der Waals surface area (Å²) in [4.78, 5) is 4.33. The van der Waals surface area contributed by atoms with Crippen molar-refractivity contribution in [2.24, 2.45) is 0 Å². The van der Waals surface area contributed by atoms with Crippen LogP contribution in [0.4, 0.5) is 9.52 Å². The highest BCUT2D eigenvalue weighted by molar-refractivity contribution is 7.22. The number of nitrogens with one attached hydrogen (secondary N) is 1. The Balaban J connectivity index is 2.08. The fourth-order valence-corrected chi connectivity index (χ4v) is 2.47. The molecule has 2 aromatic rings. The van der Waals surface area contributed by atoms with Crippen molar-refractivity contribution in [1.29, 1.82) is 0 Å². The van der Waals surface area contributed by atoms with Crippen LogP contribution in [-0.2, 0) is 4.74 Å². The van der Waals surface area contributed by atoms with Crippen LogP contribution in [0.3, 0.4) is 0 Å². The molecule has 1 aromatic carbocycles. The molecule has 2 rings (SSSR count). The first kappa shape index (κ1) is 12.3. The van der Waals surface area contributed by atoms with Gasteiger partial charge in [0.2, 0.25) is 0 Å². The minimum atomic E-state index is -0.253. The van der Waals surface area contributed by atoms with E-state index in [1.54, 1.807) is 6.07 Å². The van der Waals surface area contributed by atoms with Crippen LogP contribution in [0.15, 0.2) is 18.2 Å². The number of thiazole rings is 1. The lowest BCUT2D eigenvalue weighted by Crippen LogP contribution is -2.21. The van der Waals surface area contributed by atoms with Gasteiger partial charge in [-0.05, 0) is 26.0 Å². The van der Waals surface area contributed by atoms with Gasteiger partial charge in [-0.25, -0.2) is 9.37 Å². The normalized spacial score (nSPS) is 12.9. The number of hydrogen-bond acceptors (Lipinski definition) is 4. The summed E-state index contributed by atoms with van der Waals surface area (Å²) in [5.41, 5.74) is 0.695. The second kappa shape index (κ2) is 5.42. The predicted octanol–water partition coefficient (Wildman–Crippen LogP) is 3.27. The molecule has 0 aliphatic carbocycles. The zero-order valence-corrected chi connectivity index (χ0v) is 10.7. The standard InChI is InChI=1S/C12H15FN2OS/c1-3-16-7-8(2)14-12-15-10-6-9(13)4-5-11(10)17-12/h4-6,8H,3,7H2,1-2H3,(H,14,15). The molecule has 1 heterocycles. The molecular weight excluding hydrogens is 239 g/mol. The van der Waals surface area contributed by atoms with Crippen LogP contribution in [-0.4, -0.2) is 24.2 Å². The average molecular weight is 254 g/mol. The maximum Gasteiger partial charge on any atom is 0.184 e. The molecule has 0 saturated carbocycles. The number of aromatic nitrogens is 1. The molecule has 0 spiro atoms. The highest BCUT2D eigenvalue weighted by Crippen LogP contribution is 2.26. The number of ether oxygens (including phenoxy) is 1. The van der Waals surface area contributed by atoms with Gasteiger partial charge >= 0.3 is 0 Å². The molecule has 1 aromatic heterocycles. The molecule has 1 N–H and O–H groups in total. The Hall–Kier alpha value is -1.20. The molecular formula is C12H15FN2OS. The number of hydrogen-bond donors (Lipinski definition) is 1. The molecule has 0 fully saturated rings. The summed E-state index contributed by atoms with van der Waals surface area (Å²) in [7, 11) is 0. The van der Waals surface area contributed by atoms with Gasteiger partial charge in [-0.15, -0.1) is 0 Å². The lowest BCUT2D eigenvalue weighted by atomic mass is 10.3. The smallest absolute Gasteiger partial charge is 0.184 e. The average Bonchev–Trinajstić information content (AvgIpc) is 2.67. The van der Waals surface area contributed by atoms with E-state index in [1.807, 2.05) is 13.8 Å². The van der Waals surface area contributed by atoms with E-state index in [-0.39, 0.29) is 11.9 Å². The Morgan fingerprint density at radius 1 is 1.53 bits per heavy atom. The van der Waals surface area contributed by atoms with Crippen molar-refractivity contribution >= 4 is 26.7 Å². The van der Waals surface area contributed by atoms with E-state index >= 15 is 0 Å². The number of anilines is 1. The van der Waals surface area contributed by atoms with Gasteiger partial charge in [-0.2, -0.15) is 0 Å². The minimum Gasteiger partial charge on any atom is -0.380 e. The molecule has 0 radical (unpaired) electrons. The van der Waals surface area contributed by atoms with Crippen LogP contribution < -0.4 is 5.32 Å². The third kappa shape index (κ3) is 3.14. The van der Waals surface area contributed by atoms with Crippen LogP contribution in [0.25, 0.3) is 10.2 Å². The van der Waals surface area contributed by atoms with Crippen molar-refractivity contribution < 1.29 is 9.13 Å². The van der Waals surface area contributed by atoms with Crippen molar-refractivity contribution in [3.05, 3.63) is 24.0 Å². The van der Waals surface area contributed by atoms with E-state index in [2.05, 4.69) is 10.3 Å². The van der Waals surface area contributed by atoms with Crippen LogP contribution in [0.5, 0.6) is 0 Å². The first-order valence-corrected chi connectivity index (χ1v) is 6.41. The molecule has 3 nitrogen and oxygen atoms in total. The Morgan fingerprint density at radius 3 is 3.12 bits per heavy atom. The molecule has 0 bridgehead atoms. The summed E-state index contributed by atoms with van der Waals surface area (Å²) < 4.78 is 19.3. The Morgan fingerprint density at radius 2 is 2.35 bits per heavy atom. The Bertz CT molecular complexity index is 500. The summed E-state index contributed by atoms with van der Waals surface area (Å²) in [6.07, 6.45) is 0. The molecule has 5 heteroatoms. The SMILES string of the molecule is CCOCC(C)Nc1nc2cc(F)ccc2s1. The Kier molecular flexibility index (Phi) is 3.91. The molecule has 1 unspecified atom stereocenters. The summed E-state index contributed by atoms with van der Waals surface area (Å²) in [5.74, 6) is -0.253. The van der Waals surface area contributed by atoms with Crippen LogP contribution in [0, 0.1) is 5.82 Å². The summed E-state index contributed by atoms with van der Waals surface area (Å²) in [6, 6.07) is 4.85. The molecule has 0 saturated heterocycles. The molecule has 0 aliphatic heterocycles. The van der Waals surface area contributed by atoms with E-state index in [0.717, 1.165) is 9.83 Å². The highest BCUT2D eigenvalue weighted by atomic mass is 32.1. The van der Waals surface area contributed by atoms with Gasteiger partial charge in [0.15, 0.2) is 5.13 Å². The fraction of sp³-hybridized carbons (Fsp3) is 0.417. The summed E-state index contributed by atoms with van der Waals surface area (Å²) >= 11 is 1.52. The monoisotopic (exact) mass is 254 g/mol. The number of nitrogens with zero attached hydrogens (tertiary/aromatic N) is 1. The lowest BCUT2D eigenvalue weighted by molar-refractivity contribution is 0.141. The number of rotatable bonds is 5. The molecule has 1 atom stereocenters. The fourth-order valence-electron chi connectivity index (χ4n) is 1.51. The van der Waals surface area contributed by atoms with E-state index in [0.29, 0.717) is 18.7 Å². The van der Waals surface area contributed by atoms with Gasteiger partial charge in [0, 0.05) is 18.7 Å². The zero-order chi connectivity index (χ0) is 12.3. The maximum absolute atomic E-state index is 13.0. The van der Waals surface area contributed by atoms with E-state index < -0.39 is 0 Å². The van der Waals surface area contributed by atoms with Crippen molar-refractivity contribution in [3.8, 4) is 0 Å². The minimum absolute atomic E-state index is 0.195. The van der Waals surface area contributed by atoms with Crippen LogP contribution in [0.2, 0.25) is 0 Å². The molecule has 0 aliphatic rings. The Labute approximate surface area is 104 Å². The van der Waals surface area contributed by atoms with Crippen molar-refractivity contribution in [2.45, 2.75) is 19.9 Å². The van der Waals surface area contributed by atoms with Gasteiger partial charge in [-0.3, -0.25) is 0 Å². The summed E-state index contributed by atoms with van der Waals surface area (Å²) in [5, 5.41) is 4.05. The summed E-state index contributed by atoms with van der Waals surface area (Å²) in [6.45, 7) is 5.34. The first-order chi connectivity index (χ1) is 8.19. The molecule has 17 heavy (non-hydrogen) atoms. The lowest BCUT2D eigenvalue weighted by Gasteiger charge is -2.11. The number of benzene rings is 1. The van der Waals surface area contributed by atoms with E-state index in [4.69, 9.17) is 4.74 Å². The highest BCUT2D eigenvalue weighted by Gasteiger charge is 2.07. The van der Waals surface area contributed by atoms with E-state index in [1.165, 1.54) is 23.5 Å². The second-order valence-electron chi connectivity index (χ2n) is 3.84. The van der Waals surface area contributed by atoms with Gasteiger partial charge in [0.1, 0.15) is 5.82 Å². The maximum atomic E-state index is 13.0. The van der Waals surface area contributed by atoms with Crippen molar-refractivity contribution in [1.82, 2.24) is 4.98 Å². The third-order valence-corrected chi connectivity index (χ3v) is 3.26. The van der Waals surface area contributed by atoms with Crippen LogP contribution in [0.1, 0.15) is 13.8 Å².